The molecule has 4 nitrogen and oxygen atoms in total. The largest absolute Gasteiger partial charge is 0.354 e. The van der Waals surface area contributed by atoms with E-state index in [0.29, 0.717) is 18.9 Å². The second-order valence-electron chi connectivity index (χ2n) is 7.91. The number of hydrogen-bond donors (Lipinski definition) is 2. The van der Waals surface area contributed by atoms with Gasteiger partial charge in [-0.3, -0.25) is 9.59 Å². The Morgan fingerprint density at radius 1 is 1.21 bits per heavy atom. The maximum absolute atomic E-state index is 13.3. The van der Waals surface area contributed by atoms with E-state index in [0.717, 1.165) is 25.2 Å². The molecule has 1 aromatic rings. The number of carbonyl (C=O) groups is 2. The third kappa shape index (κ3) is 2.83. The van der Waals surface area contributed by atoms with Gasteiger partial charge in [-0.1, -0.05) is 36.8 Å². The van der Waals surface area contributed by atoms with Crippen LogP contribution in [0.4, 0.5) is 0 Å². The van der Waals surface area contributed by atoms with Gasteiger partial charge in [-0.25, -0.2) is 0 Å². The number of hydrogen-bond acceptors (Lipinski definition) is 2. The van der Waals surface area contributed by atoms with Crippen LogP contribution in [0.3, 0.4) is 0 Å². The summed E-state index contributed by atoms with van der Waals surface area (Å²) in [5, 5.41) is 6.14. The average Bonchev–Trinajstić information content (AvgIpc) is 3.19. The lowest BCUT2D eigenvalue weighted by molar-refractivity contribution is -0.136. The molecule has 2 N–H and O–H groups in total. The maximum atomic E-state index is 13.3. The predicted octanol–water partition coefficient (Wildman–Crippen LogP) is 2.43. The lowest BCUT2D eigenvalue weighted by atomic mass is 9.68. The Bertz CT molecular complexity index is 620. The van der Waals surface area contributed by atoms with Gasteiger partial charge >= 0.3 is 0 Å². The van der Waals surface area contributed by atoms with Crippen molar-refractivity contribution in [1.29, 1.82) is 0 Å². The Balaban J connectivity index is 1.52. The number of amides is 2. The van der Waals surface area contributed by atoms with E-state index in [1.165, 1.54) is 24.8 Å². The van der Waals surface area contributed by atoms with Gasteiger partial charge < -0.3 is 10.6 Å². The molecular formula is C20H26N2O2. The van der Waals surface area contributed by atoms with Gasteiger partial charge in [-0.05, 0) is 49.5 Å². The van der Waals surface area contributed by atoms with Gasteiger partial charge in [-0.15, -0.1) is 0 Å². The summed E-state index contributed by atoms with van der Waals surface area (Å²) in [6.45, 7) is 0.570. The Labute approximate surface area is 143 Å². The fraction of sp³-hybridized carbons (Fsp3) is 0.600. The molecule has 2 amide bonds. The van der Waals surface area contributed by atoms with Crippen LogP contribution in [0, 0.1) is 17.3 Å². The summed E-state index contributed by atoms with van der Waals surface area (Å²) < 4.78 is 0. The topological polar surface area (TPSA) is 58.2 Å². The molecule has 0 unspecified atom stereocenters. The number of nitrogens with one attached hydrogen (secondary N) is 2. The number of carbonyl (C=O) groups excluding carboxylic acids is 2. The summed E-state index contributed by atoms with van der Waals surface area (Å²) in [5.41, 5.74) is 1.02. The first-order valence-corrected chi connectivity index (χ1v) is 9.27. The second kappa shape index (κ2) is 6.23. The SMILES string of the molecule is O=C1CC[C@@H](NC(=O)[C@@]2(Cc3ccccc3)C[C@H]3CC[C@H]2C3)CN1. The van der Waals surface area contributed by atoms with Crippen LogP contribution in [-0.4, -0.2) is 24.4 Å². The molecule has 1 heterocycles. The Morgan fingerprint density at radius 3 is 2.67 bits per heavy atom. The molecule has 24 heavy (non-hydrogen) atoms. The molecule has 1 aromatic carbocycles. The monoisotopic (exact) mass is 326 g/mol. The molecule has 3 fully saturated rings. The molecule has 1 saturated heterocycles. The average molecular weight is 326 g/mol. The third-order valence-electron chi connectivity index (χ3n) is 6.39. The van der Waals surface area contributed by atoms with Crippen molar-refractivity contribution < 1.29 is 9.59 Å². The van der Waals surface area contributed by atoms with E-state index in [9.17, 15) is 9.59 Å². The highest BCUT2D eigenvalue weighted by molar-refractivity contribution is 5.85. The van der Waals surface area contributed by atoms with E-state index < -0.39 is 0 Å². The van der Waals surface area contributed by atoms with Gasteiger partial charge in [0.05, 0.1) is 5.41 Å². The zero-order valence-electron chi connectivity index (χ0n) is 14.1. The fourth-order valence-corrected chi connectivity index (χ4v) is 5.16. The van der Waals surface area contributed by atoms with Crippen LogP contribution in [-0.2, 0) is 16.0 Å². The standard InChI is InChI=1S/C20H26N2O2/c23-18-9-8-17(13-21-18)22-19(24)20(11-14-4-2-1-3-5-14)12-15-6-7-16(20)10-15/h1-5,15-17H,6-13H2,(H,21,23)(H,22,24)/t15-,16-,17+,20-/m0/s1. The van der Waals surface area contributed by atoms with Crippen LogP contribution in [0.5, 0.6) is 0 Å². The van der Waals surface area contributed by atoms with Crippen molar-refractivity contribution in [1.82, 2.24) is 10.6 Å². The minimum atomic E-state index is -0.244. The molecule has 2 aliphatic carbocycles. The lowest BCUT2D eigenvalue weighted by Crippen LogP contribution is -2.54. The predicted molar refractivity (Wildman–Crippen MR) is 92.2 cm³/mol. The van der Waals surface area contributed by atoms with E-state index in [4.69, 9.17) is 0 Å². The van der Waals surface area contributed by atoms with Gasteiger partial charge in [0.2, 0.25) is 11.8 Å². The van der Waals surface area contributed by atoms with Gasteiger partial charge in [0.25, 0.3) is 0 Å². The van der Waals surface area contributed by atoms with Crippen LogP contribution >= 0.6 is 0 Å². The van der Waals surface area contributed by atoms with Crippen LogP contribution in [0.15, 0.2) is 30.3 Å². The smallest absolute Gasteiger partial charge is 0.227 e. The fourth-order valence-electron chi connectivity index (χ4n) is 5.16. The number of benzene rings is 1. The van der Waals surface area contributed by atoms with Crippen molar-refractivity contribution in [3.63, 3.8) is 0 Å². The first kappa shape index (κ1) is 15.7. The molecule has 4 heteroatoms. The first-order valence-electron chi connectivity index (χ1n) is 9.27. The zero-order chi connectivity index (χ0) is 16.6. The van der Waals surface area contributed by atoms with E-state index in [1.807, 2.05) is 6.07 Å². The van der Waals surface area contributed by atoms with Crippen molar-refractivity contribution in [2.24, 2.45) is 17.3 Å². The Hall–Kier alpha value is -1.84. The zero-order valence-corrected chi connectivity index (χ0v) is 14.1. The Kier molecular flexibility index (Phi) is 4.07. The normalized spacial score (nSPS) is 34.8. The highest BCUT2D eigenvalue weighted by Gasteiger charge is 2.55. The molecule has 2 bridgehead atoms. The van der Waals surface area contributed by atoms with Crippen LogP contribution in [0.2, 0.25) is 0 Å². The summed E-state index contributed by atoms with van der Waals surface area (Å²) in [6.07, 6.45) is 6.83. The van der Waals surface area contributed by atoms with Crippen molar-refractivity contribution >= 4 is 11.8 Å². The summed E-state index contributed by atoms with van der Waals surface area (Å²) in [7, 11) is 0. The van der Waals surface area contributed by atoms with Crippen LogP contribution in [0.25, 0.3) is 0 Å². The molecule has 4 atom stereocenters. The molecular weight excluding hydrogens is 300 g/mol. The summed E-state index contributed by atoms with van der Waals surface area (Å²) in [4.78, 5) is 24.6. The third-order valence-corrected chi connectivity index (χ3v) is 6.39. The van der Waals surface area contributed by atoms with E-state index >= 15 is 0 Å². The van der Waals surface area contributed by atoms with E-state index in [2.05, 4.69) is 34.9 Å². The van der Waals surface area contributed by atoms with Crippen LogP contribution < -0.4 is 10.6 Å². The molecule has 4 rings (SSSR count). The summed E-state index contributed by atoms with van der Waals surface area (Å²) in [5.74, 6) is 1.55. The quantitative estimate of drug-likeness (QED) is 0.893. The van der Waals surface area contributed by atoms with Gasteiger partial charge in [0.1, 0.15) is 0 Å². The van der Waals surface area contributed by atoms with Crippen molar-refractivity contribution in [3.8, 4) is 0 Å². The minimum absolute atomic E-state index is 0.0852. The van der Waals surface area contributed by atoms with Crippen molar-refractivity contribution in [2.75, 3.05) is 6.54 Å². The molecule has 0 spiro atoms. The molecule has 0 aromatic heterocycles. The first-order chi connectivity index (χ1) is 11.7. The molecule has 2 saturated carbocycles. The van der Waals surface area contributed by atoms with Crippen molar-refractivity contribution in [3.05, 3.63) is 35.9 Å². The summed E-state index contributed by atoms with van der Waals surface area (Å²) >= 11 is 0. The van der Waals surface area contributed by atoms with Crippen LogP contribution in [0.1, 0.15) is 44.1 Å². The number of fused-ring (bicyclic) bond motifs is 2. The second-order valence-corrected chi connectivity index (χ2v) is 7.91. The Morgan fingerprint density at radius 2 is 2.04 bits per heavy atom. The minimum Gasteiger partial charge on any atom is -0.354 e. The van der Waals surface area contributed by atoms with Crippen molar-refractivity contribution in [2.45, 2.75) is 51.0 Å². The number of piperidine rings is 1. The van der Waals surface area contributed by atoms with E-state index in [1.54, 1.807) is 0 Å². The summed E-state index contributed by atoms with van der Waals surface area (Å²) in [6, 6.07) is 10.5. The lowest BCUT2D eigenvalue weighted by Gasteiger charge is -2.38. The van der Waals surface area contributed by atoms with E-state index in [-0.39, 0.29) is 23.3 Å². The van der Waals surface area contributed by atoms with Gasteiger partial charge in [-0.2, -0.15) is 0 Å². The van der Waals surface area contributed by atoms with Gasteiger partial charge in [0, 0.05) is 19.0 Å². The van der Waals surface area contributed by atoms with Gasteiger partial charge in [0.15, 0.2) is 0 Å². The molecule has 3 aliphatic rings. The number of rotatable bonds is 4. The molecule has 128 valence electrons. The molecule has 1 aliphatic heterocycles. The maximum Gasteiger partial charge on any atom is 0.227 e. The molecule has 0 radical (unpaired) electrons. The highest BCUT2D eigenvalue weighted by atomic mass is 16.2. The highest BCUT2D eigenvalue weighted by Crippen LogP contribution is 2.57.